The molecule has 0 radical (unpaired) electrons. The Morgan fingerprint density at radius 1 is 1.05 bits per heavy atom. The molecule has 20 heavy (non-hydrogen) atoms. The first kappa shape index (κ1) is 14.9. The van der Waals surface area contributed by atoms with Crippen molar-refractivity contribution in [3.05, 3.63) is 60.1 Å². The fraction of sp³-hybridized carbons (Fsp3) is 0.444. The van der Waals surface area contributed by atoms with E-state index in [9.17, 15) is 0 Å². The van der Waals surface area contributed by atoms with Gasteiger partial charge < -0.3 is 9.73 Å². The number of hydrogen-bond acceptors (Lipinski definition) is 2. The van der Waals surface area contributed by atoms with Gasteiger partial charge in [0.2, 0.25) is 0 Å². The van der Waals surface area contributed by atoms with Crippen molar-refractivity contribution in [2.24, 2.45) is 11.3 Å². The average molecular weight is 271 g/mol. The molecule has 2 nitrogen and oxygen atoms in total. The highest BCUT2D eigenvalue weighted by atomic mass is 16.3. The van der Waals surface area contributed by atoms with Gasteiger partial charge in [-0.2, -0.15) is 0 Å². The molecular weight excluding hydrogens is 246 g/mol. The van der Waals surface area contributed by atoms with Gasteiger partial charge >= 0.3 is 0 Å². The zero-order chi connectivity index (χ0) is 14.6. The molecule has 0 saturated heterocycles. The first-order valence-electron chi connectivity index (χ1n) is 7.30. The summed E-state index contributed by atoms with van der Waals surface area (Å²) in [6.07, 6.45) is 1.74. The molecule has 1 aromatic heterocycles. The van der Waals surface area contributed by atoms with Gasteiger partial charge in [-0.3, -0.25) is 0 Å². The minimum Gasteiger partial charge on any atom is -0.467 e. The lowest BCUT2D eigenvalue weighted by atomic mass is 9.82. The summed E-state index contributed by atoms with van der Waals surface area (Å²) in [6, 6.07) is 14.6. The van der Waals surface area contributed by atoms with Crippen LogP contribution in [0.3, 0.4) is 0 Å². The molecule has 0 aliphatic carbocycles. The van der Waals surface area contributed by atoms with E-state index in [1.165, 1.54) is 5.56 Å². The molecule has 0 amide bonds. The molecule has 0 bridgehead atoms. The molecule has 0 fully saturated rings. The Hall–Kier alpha value is -1.54. The Kier molecular flexibility index (Phi) is 4.66. The topological polar surface area (TPSA) is 25.2 Å². The summed E-state index contributed by atoms with van der Waals surface area (Å²) in [5.41, 5.74) is 1.54. The van der Waals surface area contributed by atoms with E-state index >= 15 is 0 Å². The molecule has 2 aromatic rings. The van der Waals surface area contributed by atoms with Gasteiger partial charge in [0.05, 0.1) is 12.3 Å². The lowest BCUT2D eigenvalue weighted by molar-refractivity contribution is 0.245. The Morgan fingerprint density at radius 3 is 2.30 bits per heavy atom. The molecule has 0 saturated carbocycles. The van der Waals surface area contributed by atoms with Crippen molar-refractivity contribution in [3.8, 4) is 0 Å². The third kappa shape index (κ3) is 3.73. The predicted molar refractivity (Wildman–Crippen MR) is 83.6 cm³/mol. The van der Waals surface area contributed by atoms with Crippen LogP contribution in [0.15, 0.2) is 53.1 Å². The van der Waals surface area contributed by atoms with E-state index in [0.29, 0.717) is 11.3 Å². The Bertz CT molecular complexity index is 496. The zero-order valence-corrected chi connectivity index (χ0v) is 12.9. The maximum Gasteiger partial charge on any atom is 0.125 e. The van der Waals surface area contributed by atoms with Crippen molar-refractivity contribution >= 4 is 0 Å². The van der Waals surface area contributed by atoms with E-state index in [0.717, 1.165) is 12.3 Å². The highest BCUT2D eigenvalue weighted by Crippen LogP contribution is 2.27. The minimum absolute atomic E-state index is 0.121. The smallest absolute Gasteiger partial charge is 0.125 e. The molecule has 2 heteroatoms. The maximum atomic E-state index is 5.61. The van der Waals surface area contributed by atoms with Gasteiger partial charge in [0.15, 0.2) is 0 Å². The van der Waals surface area contributed by atoms with E-state index in [4.69, 9.17) is 4.42 Å². The van der Waals surface area contributed by atoms with Gasteiger partial charge in [-0.25, -0.2) is 0 Å². The first-order chi connectivity index (χ1) is 9.48. The lowest BCUT2D eigenvalue weighted by Gasteiger charge is -2.29. The summed E-state index contributed by atoms with van der Waals surface area (Å²) in [4.78, 5) is 0. The Balaban J connectivity index is 2.13. The standard InChI is InChI=1S/C18H25NO/c1-14(18(2,3)4)13-19-17(16-11-8-12-20-16)15-9-6-5-7-10-15/h5-12,14,17,19H,13H2,1-4H3. The molecule has 0 aliphatic heterocycles. The maximum absolute atomic E-state index is 5.61. The molecule has 0 aliphatic rings. The second-order valence-corrected chi connectivity index (χ2v) is 6.53. The van der Waals surface area contributed by atoms with Gasteiger partial charge in [-0.05, 0) is 35.6 Å². The summed E-state index contributed by atoms with van der Waals surface area (Å²) in [5, 5.41) is 3.65. The number of benzene rings is 1. The van der Waals surface area contributed by atoms with Crippen molar-refractivity contribution in [3.63, 3.8) is 0 Å². The summed E-state index contributed by atoms with van der Waals surface area (Å²) >= 11 is 0. The van der Waals surface area contributed by atoms with E-state index in [1.54, 1.807) is 6.26 Å². The molecule has 2 unspecified atom stereocenters. The Morgan fingerprint density at radius 2 is 1.75 bits per heavy atom. The van der Waals surface area contributed by atoms with Crippen LogP contribution >= 0.6 is 0 Å². The highest BCUT2D eigenvalue weighted by Gasteiger charge is 2.22. The number of hydrogen-bond donors (Lipinski definition) is 1. The second-order valence-electron chi connectivity index (χ2n) is 6.53. The van der Waals surface area contributed by atoms with Gasteiger partial charge in [-0.15, -0.1) is 0 Å². The van der Waals surface area contributed by atoms with Gasteiger partial charge in [0.1, 0.15) is 5.76 Å². The van der Waals surface area contributed by atoms with E-state index in [-0.39, 0.29) is 6.04 Å². The van der Waals surface area contributed by atoms with Gasteiger partial charge in [0, 0.05) is 0 Å². The molecule has 2 rings (SSSR count). The van der Waals surface area contributed by atoms with Crippen molar-refractivity contribution in [1.82, 2.24) is 5.32 Å². The fourth-order valence-corrected chi connectivity index (χ4v) is 2.08. The van der Waals surface area contributed by atoms with Crippen LogP contribution in [0.5, 0.6) is 0 Å². The Labute approximate surface area is 122 Å². The largest absolute Gasteiger partial charge is 0.467 e. The monoisotopic (exact) mass is 271 g/mol. The minimum atomic E-state index is 0.121. The molecule has 1 aromatic carbocycles. The quantitative estimate of drug-likeness (QED) is 0.857. The van der Waals surface area contributed by atoms with Crippen molar-refractivity contribution < 1.29 is 4.42 Å². The van der Waals surface area contributed by atoms with E-state index in [1.807, 2.05) is 18.2 Å². The molecule has 0 spiro atoms. The predicted octanol–water partition coefficient (Wildman–Crippen LogP) is 4.64. The van der Waals surface area contributed by atoms with Crippen LogP contribution < -0.4 is 5.32 Å². The van der Waals surface area contributed by atoms with Crippen LogP contribution in [-0.2, 0) is 0 Å². The first-order valence-corrected chi connectivity index (χ1v) is 7.30. The summed E-state index contributed by atoms with van der Waals surface area (Å²) < 4.78 is 5.61. The summed E-state index contributed by atoms with van der Waals surface area (Å²) in [7, 11) is 0. The summed E-state index contributed by atoms with van der Waals surface area (Å²) in [5.74, 6) is 1.56. The van der Waals surface area contributed by atoms with Crippen LogP contribution in [-0.4, -0.2) is 6.54 Å². The number of furan rings is 1. The van der Waals surface area contributed by atoms with Crippen molar-refractivity contribution in [2.75, 3.05) is 6.54 Å². The van der Waals surface area contributed by atoms with Crippen LogP contribution in [0.1, 0.15) is 45.1 Å². The molecular formula is C18H25NO. The van der Waals surface area contributed by atoms with Gasteiger partial charge in [-0.1, -0.05) is 58.0 Å². The fourth-order valence-electron chi connectivity index (χ4n) is 2.08. The third-order valence-electron chi connectivity index (χ3n) is 4.07. The molecule has 1 N–H and O–H groups in total. The van der Waals surface area contributed by atoms with Crippen LogP contribution in [0, 0.1) is 11.3 Å². The summed E-state index contributed by atoms with van der Waals surface area (Å²) in [6.45, 7) is 10.1. The van der Waals surface area contributed by atoms with Gasteiger partial charge in [0.25, 0.3) is 0 Å². The third-order valence-corrected chi connectivity index (χ3v) is 4.07. The van der Waals surface area contributed by atoms with Crippen LogP contribution in [0.4, 0.5) is 0 Å². The normalized spacial score (nSPS) is 15.0. The van der Waals surface area contributed by atoms with E-state index < -0.39 is 0 Å². The zero-order valence-electron chi connectivity index (χ0n) is 12.9. The average Bonchev–Trinajstić information content (AvgIpc) is 2.93. The SMILES string of the molecule is CC(CNC(c1ccccc1)c1ccco1)C(C)(C)C. The van der Waals surface area contributed by atoms with E-state index in [2.05, 4.69) is 57.3 Å². The van der Waals surface area contributed by atoms with Crippen LogP contribution in [0.2, 0.25) is 0 Å². The number of rotatable bonds is 5. The molecule has 108 valence electrons. The molecule has 2 atom stereocenters. The van der Waals surface area contributed by atoms with Crippen molar-refractivity contribution in [1.29, 1.82) is 0 Å². The highest BCUT2D eigenvalue weighted by molar-refractivity contribution is 5.26. The second kappa shape index (κ2) is 6.27. The molecule has 1 heterocycles. The van der Waals surface area contributed by atoms with Crippen molar-refractivity contribution in [2.45, 2.75) is 33.7 Å². The number of nitrogens with one attached hydrogen (secondary N) is 1. The van der Waals surface area contributed by atoms with Crippen LogP contribution in [0.25, 0.3) is 0 Å². The lowest BCUT2D eigenvalue weighted by Crippen LogP contribution is -2.32.